The molecule has 0 fully saturated rings. The van der Waals surface area contributed by atoms with Crippen molar-refractivity contribution in [3.63, 3.8) is 0 Å². The van der Waals surface area contributed by atoms with Gasteiger partial charge in [0.15, 0.2) is 11.5 Å². The first-order valence-corrected chi connectivity index (χ1v) is 9.87. The van der Waals surface area contributed by atoms with Crippen molar-refractivity contribution < 1.29 is 47.2 Å². The van der Waals surface area contributed by atoms with E-state index < -0.39 is 52.7 Å². The molecule has 3 atom stereocenters. The molecule has 1 aliphatic carbocycles. The molecular weight excluding hydrogens is 445 g/mol. The van der Waals surface area contributed by atoms with Crippen LogP contribution in [0.3, 0.4) is 0 Å². The summed E-state index contributed by atoms with van der Waals surface area (Å²) in [4.78, 5) is 39.2. The topological polar surface area (TPSA) is 110 Å². The highest BCUT2D eigenvalue weighted by Crippen LogP contribution is 2.54. The summed E-state index contributed by atoms with van der Waals surface area (Å²) in [5.41, 5.74) is -0.806. The Hall–Kier alpha value is -3.66. The lowest BCUT2D eigenvalue weighted by Crippen LogP contribution is -2.61. The summed E-state index contributed by atoms with van der Waals surface area (Å²) in [6.45, 7) is 1.05. The van der Waals surface area contributed by atoms with E-state index in [1.807, 2.05) is 0 Å². The number of ketones is 2. The molecule has 0 unspecified atom stereocenters. The van der Waals surface area contributed by atoms with Crippen LogP contribution in [0.2, 0.25) is 0 Å². The number of aliphatic hydroxyl groups is 1. The number of benzene rings is 2. The number of rotatable bonds is 3. The minimum atomic E-state index is -5.54. The Morgan fingerprint density at radius 2 is 1.64 bits per heavy atom. The van der Waals surface area contributed by atoms with Crippen LogP contribution in [-0.4, -0.2) is 46.3 Å². The lowest BCUT2D eigenvalue weighted by molar-refractivity contribution is -0.375. The fourth-order valence-corrected chi connectivity index (χ4v) is 4.17. The predicted molar refractivity (Wildman–Crippen MR) is 105 cm³/mol. The van der Waals surface area contributed by atoms with E-state index >= 15 is 0 Å². The van der Waals surface area contributed by atoms with E-state index in [4.69, 9.17) is 9.47 Å². The number of fused-ring (bicyclic) bond motifs is 1. The number of hydrogen-bond acceptors (Lipinski definition) is 7. The maximum atomic E-state index is 14.2. The lowest BCUT2D eigenvalue weighted by atomic mass is 9.69. The normalized spacial score (nSPS) is 24.6. The minimum Gasteiger partial charge on any atom is -0.508 e. The second-order valence-electron chi connectivity index (χ2n) is 7.54. The third kappa shape index (κ3) is 3.37. The number of ether oxygens (including phenoxy) is 2. The van der Waals surface area contributed by atoms with Gasteiger partial charge in [-0.15, -0.1) is 0 Å². The Morgan fingerprint density at radius 1 is 1.06 bits per heavy atom. The molecule has 4 rings (SSSR count). The molecular formula is C23H17F3O7. The molecule has 1 aliphatic heterocycles. The number of hydrogen-bond donors (Lipinski definition) is 2. The summed E-state index contributed by atoms with van der Waals surface area (Å²) >= 11 is 0. The Morgan fingerprint density at radius 3 is 2.18 bits per heavy atom. The lowest BCUT2D eigenvalue weighted by Gasteiger charge is -2.45. The summed E-state index contributed by atoms with van der Waals surface area (Å²) in [6.07, 6.45) is -5.54. The van der Waals surface area contributed by atoms with Crippen molar-refractivity contribution in [3.05, 3.63) is 76.6 Å². The van der Waals surface area contributed by atoms with E-state index in [1.54, 1.807) is 0 Å². The van der Waals surface area contributed by atoms with Gasteiger partial charge >= 0.3 is 17.9 Å². The van der Waals surface area contributed by atoms with E-state index in [0.717, 1.165) is 12.1 Å². The number of carbonyl (C=O) groups is 3. The second-order valence-corrected chi connectivity index (χ2v) is 7.54. The first-order valence-electron chi connectivity index (χ1n) is 9.87. The summed E-state index contributed by atoms with van der Waals surface area (Å²) in [5.74, 6) is -12.9. The van der Waals surface area contributed by atoms with Crippen LogP contribution < -0.4 is 0 Å². The van der Waals surface area contributed by atoms with Gasteiger partial charge in [0, 0.05) is 17.0 Å². The summed E-state index contributed by atoms with van der Waals surface area (Å²) in [7, 11) is 0. The predicted octanol–water partition coefficient (Wildman–Crippen LogP) is 3.27. The zero-order valence-corrected chi connectivity index (χ0v) is 17.1. The average molecular weight is 462 g/mol. The van der Waals surface area contributed by atoms with Gasteiger partial charge in [0.2, 0.25) is 5.78 Å². The van der Waals surface area contributed by atoms with Gasteiger partial charge in [0.1, 0.15) is 11.7 Å². The van der Waals surface area contributed by atoms with Crippen LogP contribution in [0.4, 0.5) is 13.2 Å². The highest BCUT2D eigenvalue weighted by Gasteiger charge is 2.70. The van der Waals surface area contributed by atoms with Crippen LogP contribution in [0.1, 0.15) is 39.1 Å². The smallest absolute Gasteiger partial charge is 0.456 e. The molecule has 0 spiro atoms. The molecule has 2 N–H and O–H groups in total. The monoisotopic (exact) mass is 462 g/mol. The molecule has 10 heteroatoms. The standard InChI is InChI=1S/C23H17F3O7/c1-2-32-21(30)17-15(11-7-9-12(27)10-8-11)16-18(28)13-5-3-4-6-14(13)19(29)20(16)33-22(17,31)23(24,25)26/h3-10,15,17,27,31H,2H2,1H3/t15-,17-,22+/m0/s1. The Kier molecular flexibility index (Phi) is 5.28. The molecule has 2 aliphatic rings. The third-order valence-electron chi connectivity index (χ3n) is 5.63. The molecule has 0 amide bonds. The summed E-state index contributed by atoms with van der Waals surface area (Å²) in [6, 6.07) is 10.1. The minimum absolute atomic E-state index is 0.0372. The van der Waals surface area contributed by atoms with E-state index in [-0.39, 0.29) is 29.0 Å². The fraction of sp³-hybridized carbons (Fsp3) is 0.261. The number of carbonyl (C=O) groups excluding carboxylic acids is 3. The first kappa shape index (κ1) is 22.5. The molecule has 1 heterocycles. The largest absolute Gasteiger partial charge is 0.508 e. The zero-order chi connectivity index (χ0) is 24.1. The molecule has 0 bridgehead atoms. The Bertz CT molecular complexity index is 1180. The van der Waals surface area contributed by atoms with Crippen molar-refractivity contribution in [2.45, 2.75) is 24.8 Å². The number of phenols is 1. The number of Topliss-reactive ketones (excluding diaryl/α,β-unsaturated/α-hetero) is 2. The molecule has 172 valence electrons. The molecule has 2 aromatic carbocycles. The number of halogens is 3. The zero-order valence-electron chi connectivity index (χ0n) is 17.1. The van der Waals surface area contributed by atoms with Crippen LogP contribution in [0.15, 0.2) is 59.9 Å². The quantitative estimate of drug-likeness (QED) is 0.674. The molecule has 2 aromatic rings. The summed E-state index contributed by atoms with van der Waals surface area (Å²) in [5, 5.41) is 20.4. The third-order valence-corrected chi connectivity index (χ3v) is 5.63. The second kappa shape index (κ2) is 7.73. The maximum absolute atomic E-state index is 14.2. The van der Waals surface area contributed by atoms with Crippen LogP contribution in [0.5, 0.6) is 5.75 Å². The van der Waals surface area contributed by atoms with Gasteiger partial charge in [-0.05, 0) is 24.6 Å². The van der Waals surface area contributed by atoms with Gasteiger partial charge in [0.25, 0.3) is 0 Å². The highest BCUT2D eigenvalue weighted by atomic mass is 19.4. The van der Waals surface area contributed by atoms with Gasteiger partial charge in [0.05, 0.1) is 12.2 Å². The Labute approximate surface area is 185 Å². The van der Waals surface area contributed by atoms with Crippen LogP contribution in [-0.2, 0) is 14.3 Å². The van der Waals surface area contributed by atoms with Crippen molar-refractivity contribution in [1.82, 2.24) is 0 Å². The Balaban J connectivity index is 2.05. The van der Waals surface area contributed by atoms with Gasteiger partial charge in [-0.2, -0.15) is 13.2 Å². The van der Waals surface area contributed by atoms with Gasteiger partial charge in [-0.3, -0.25) is 14.4 Å². The molecule has 0 saturated carbocycles. The fourth-order valence-electron chi connectivity index (χ4n) is 4.17. The van der Waals surface area contributed by atoms with E-state index in [2.05, 4.69) is 0 Å². The van der Waals surface area contributed by atoms with E-state index in [0.29, 0.717) is 0 Å². The van der Waals surface area contributed by atoms with Crippen molar-refractivity contribution in [1.29, 1.82) is 0 Å². The van der Waals surface area contributed by atoms with Gasteiger partial charge < -0.3 is 19.7 Å². The SMILES string of the molecule is CCOC(=O)[C@@H]1[C@@H](c2ccc(O)cc2)C2=C(O[C@@]1(O)C(F)(F)F)C(=O)c1ccccc1C2=O. The van der Waals surface area contributed by atoms with E-state index in [9.17, 15) is 37.8 Å². The molecule has 33 heavy (non-hydrogen) atoms. The molecule has 0 saturated heterocycles. The average Bonchev–Trinajstić information content (AvgIpc) is 2.76. The van der Waals surface area contributed by atoms with Gasteiger partial charge in [-0.1, -0.05) is 36.4 Å². The van der Waals surface area contributed by atoms with Crippen LogP contribution in [0.25, 0.3) is 0 Å². The van der Waals surface area contributed by atoms with Crippen molar-refractivity contribution in [2.24, 2.45) is 5.92 Å². The molecule has 7 nitrogen and oxygen atoms in total. The number of allylic oxidation sites excluding steroid dienone is 2. The number of alkyl halides is 3. The number of aromatic hydroxyl groups is 1. The number of esters is 1. The van der Waals surface area contributed by atoms with Crippen LogP contribution in [0, 0.1) is 5.92 Å². The maximum Gasteiger partial charge on any atom is 0.456 e. The highest BCUT2D eigenvalue weighted by molar-refractivity contribution is 6.27. The van der Waals surface area contributed by atoms with Crippen molar-refractivity contribution >= 4 is 17.5 Å². The molecule has 0 aromatic heterocycles. The first-order chi connectivity index (χ1) is 15.5. The van der Waals surface area contributed by atoms with Gasteiger partial charge in [-0.25, -0.2) is 0 Å². The number of phenolic OH excluding ortho intramolecular Hbond substituents is 1. The molecule has 0 radical (unpaired) electrons. The van der Waals surface area contributed by atoms with Crippen molar-refractivity contribution in [3.8, 4) is 5.75 Å². The van der Waals surface area contributed by atoms with Crippen LogP contribution >= 0.6 is 0 Å². The van der Waals surface area contributed by atoms with Crippen molar-refractivity contribution in [2.75, 3.05) is 6.61 Å². The summed E-state index contributed by atoms with van der Waals surface area (Å²) < 4.78 is 52.1. The van der Waals surface area contributed by atoms with E-state index in [1.165, 1.54) is 43.3 Å².